The summed E-state index contributed by atoms with van der Waals surface area (Å²) in [5.41, 5.74) is -1.39. The summed E-state index contributed by atoms with van der Waals surface area (Å²) in [6.45, 7) is 14.3. The van der Waals surface area contributed by atoms with Crippen molar-refractivity contribution in [2.45, 2.75) is 130 Å². The number of rotatable bonds is 8. The van der Waals surface area contributed by atoms with Gasteiger partial charge in [-0.2, -0.15) is 0 Å². The van der Waals surface area contributed by atoms with Crippen LogP contribution in [0.1, 0.15) is 119 Å². The van der Waals surface area contributed by atoms with Gasteiger partial charge in [0.25, 0.3) is 0 Å². The first-order valence-corrected chi connectivity index (χ1v) is 12.4. The fourth-order valence-corrected chi connectivity index (χ4v) is 5.59. The Kier molecular flexibility index (Phi) is 8.43. The van der Waals surface area contributed by atoms with Crippen LogP contribution in [0.4, 0.5) is 0 Å². The molecule has 0 aromatic rings. The first-order chi connectivity index (χ1) is 14.0. The van der Waals surface area contributed by atoms with Crippen LogP contribution in [0.2, 0.25) is 0 Å². The van der Waals surface area contributed by atoms with E-state index in [9.17, 15) is 9.59 Å². The SMILES string of the molecule is CCC(=O)OC(C)(C)C1CCCC(C(C)(C)C(=O)OC(C)(CC)C2CCCCC2)C1. The van der Waals surface area contributed by atoms with Crippen molar-refractivity contribution in [3.05, 3.63) is 0 Å². The second-order valence-electron chi connectivity index (χ2n) is 11.1. The lowest BCUT2D eigenvalue weighted by Gasteiger charge is -2.45. The van der Waals surface area contributed by atoms with E-state index in [0.717, 1.165) is 32.1 Å². The zero-order valence-corrected chi connectivity index (χ0v) is 20.6. The normalized spacial score (nSPS) is 26.0. The molecule has 0 amide bonds. The van der Waals surface area contributed by atoms with Crippen LogP contribution < -0.4 is 0 Å². The van der Waals surface area contributed by atoms with Crippen LogP contribution >= 0.6 is 0 Å². The largest absolute Gasteiger partial charge is 0.459 e. The highest BCUT2D eigenvalue weighted by Gasteiger charge is 2.47. The molecular formula is C26H46O4. The minimum absolute atomic E-state index is 0.0496. The van der Waals surface area contributed by atoms with Crippen molar-refractivity contribution in [1.29, 1.82) is 0 Å². The minimum Gasteiger partial charge on any atom is -0.459 e. The van der Waals surface area contributed by atoms with Gasteiger partial charge in [-0.25, -0.2) is 0 Å². The Morgan fingerprint density at radius 2 is 1.33 bits per heavy atom. The standard InChI is InChI=1S/C26H46O4/c1-8-22(27)29-25(5,6)21-17-13-16-20(18-21)24(3,4)23(28)30-26(7,9-2)19-14-11-10-12-15-19/h19-21H,8-18H2,1-7H3. The van der Waals surface area contributed by atoms with Crippen molar-refractivity contribution in [2.75, 3.05) is 0 Å². The summed E-state index contributed by atoms with van der Waals surface area (Å²) in [7, 11) is 0. The third-order valence-corrected chi connectivity index (χ3v) is 8.37. The lowest BCUT2D eigenvalue weighted by Crippen LogP contribution is -2.47. The predicted molar refractivity (Wildman–Crippen MR) is 121 cm³/mol. The molecule has 2 rings (SSSR count). The molecule has 0 aromatic carbocycles. The minimum atomic E-state index is -0.533. The molecule has 0 saturated heterocycles. The molecule has 0 aromatic heterocycles. The Labute approximate surface area is 184 Å². The van der Waals surface area contributed by atoms with E-state index in [1.165, 1.54) is 32.1 Å². The smallest absolute Gasteiger partial charge is 0.312 e. The third kappa shape index (κ3) is 5.79. The van der Waals surface area contributed by atoms with Crippen molar-refractivity contribution in [3.8, 4) is 0 Å². The third-order valence-electron chi connectivity index (χ3n) is 8.37. The average molecular weight is 423 g/mol. The van der Waals surface area contributed by atoms with E-state index in [1.807, 2.05) is 20.8 Å². The zero-order chi connectivity index (χ0) is 22.6. The molecule has 0 spiro atoms. The number of carbonyl (C=O) groups excluding carboxylic acids is 2. The molecule has 174 valence electrons. The molecule has 2 saturated carbocycles. The van der Waals surface area contributed by atoms with E-state index in [1.54, 1.807) is 0 Å². The molecule has 0 N–H and O–H groups in total. The van der Waals surface area contributed by atoms with Crippen molar-refractivity contribution in [2.24, 2.45) is 23.2 Å². The zero-order valence-electron chi connectivity index (χ0n) is 20.6. The Hall–Kier alpha value is -1.06. The number of hydrogen-bond donors (Lipinski definition) is 0. The Balaban J connectivity index is 2.08. The van der Waals surface area contributed by atoms with Crippen LogP contribution in [0.3, 0.4) is 0 Å². The monoisotopic (exact) mass is 422 g/mol. The maximum Gasteiger partial charge on any atom is 0.312 e. The van der Waals surface area contributed by atoms with E-state index < -0.39 is 11.0 Å². The topological polar surface area (TPSA) is 52.6 Å². The predicted octanol–water partition coefficient (Wildman–Crippen LogP) is 6.84. The summed E-state index contributed by atoms with van der Waals surface area (Å²) in [4.78, 5) is 25.4. The van der Waals surface area contributed by atoms with Gasteiger partial charge < -0.3 is 9.47 Å². The summed E-state index contributed by atoms with van der Waals surface area (Å²) in [6, 6.07) is 0. The number of esters is 2. The number of carbonyl (C=O) groups is 2. The van der Waals surface area contributed by atoms with Crippen LogP contribution in [-0.4, -0.2) is 23.1 Å². The van der Waals surface area contributed by atoms with Crippen molar-refractivity contribution in [3.63, 3.8) is 0 Å². The van der Waals surface area contributed by atoms with Gasteiger partial charge in [0.05, 0.1) is 5.41 Å². The van der Waals surface area contributed by atoms with E-state index >= 15 is 0 Å². The molecule has 4 nitrogen and oxygen atoms in total. The van der Waals surface area contributed by atoms with E-state index in [0.29, 0.717) is 12.3 Å². The maximum atomic E-state index is 13.5. The molecule has 0 radical (unpaired) electrons. The summed E-state index contributed by atoms with van der Waals surface area (Å²) in [5.74, 6) is 0.798. The quantitative estimate of drug-likeness (QED) is 0.402. The highest BCUT2D eigenvalue weighted by molar-refractivity contribution is 5.77. The average Bonchev–Trinajstić information content (AvgIpc) is 2.73. The number of hydrogen-bond acceptors (Lipinski definition) is 4. The fraction of sp³-hybridized carbons (Fsp3) is 0.923. The molecule has 2 aliphatic rings. The summed E-state index contributed by atoms with van der Waals surface area (Å²) in [5, 5.41) is 0. The molecule has 2 aliphatic carbocycles. The van der Waals surface area contributed by atoms with Crippen LogP contribution in [-0.2, 0) is 19.1 Å². The maximum absolute atomic E-state index is 13.5. The summed E-state index contributed by atoms with van der Waals surface area (Å²) < 4.78 is 12.1. The van der Waals surface area contributed by atoms with Crippen molar-refractivity contribution in [1.82, 2.24) is 0 Å². The van der Waals surface area contributed by atoms with Gasteiger partial charge in [0.15, 0.2) is 0 Å². The molecule has 3 unspecified atom stereocenters. The second kappa shape index (κ2) is 10.0. The molecule has 0 bridgehead atoms. The second-order valence-corrected chi connectivity index (χ2v) is 11.1. The molecule has 4 heteroatoms. The van der Waals surface area contributed by atoms with Crippen molar-refractivity contribution < 1.29 is 19.1 Å². The molecule has 30 heavy (non-hydrogen) atoms. The molecule has 3 atom stereocenters. The first kappa shape index (κ1) is 25.2. The van der Waals surface area contributed by atoms with E-state index in [2.05, 4.69) is 27.7 Å². The van der Waals surface area contributed by atoms with E-state index in [-0.39, 0.29) is 29.4 Å². The fourth-order valence-electron chi connectivity index (χ4n) is 5.59. The Morgan fingerprint density at radius 3 is 1.90 bits per heavy atom. The van der Waals surface area contributed by atoms with Gasteiger partial charge in [-0.15, -0.1) is 0 Å². The van der Waals surface area contributed by atoms with Crippen LogP contribution in [0.15, 0.2) is 0 Å². The number of ether oxygens (including phenoxy) is 2. The van der Waals surface area contributed by atoms with Gasteiger partial charge >= 0.3 is 11.9 Å². The first-order valence-electron chi connectivity index (χ1n) is 12.4. The molecule has 2 fully saturated rings. The Bertz CT molecular complexity index is 588. The van der Waals surface area contributed by atoms with Gasteiger partial charge in [-0.3, -0.25) is 9.59 Å². The highest BCUT2D eigenvalue weighted by atomic mass is 16.6. The van der Waals surface area contributed by atoms with Crippen LogP contribution in [0.5, 0.6) is 0 Å². The van der Waals surface area contributed by atoms with Crippen LogP contribution in [0, 0.1) is 23.2 Å². The van der Waals surface area contributed by atoms with E-state index in [4.69, 9.17) is 9.47 Å². The van der Waals surface area contributed by atoms with Gasteiger partial charge in [-0.05, 0) is 90.9 Å². The van der Waals surface area contributed by atoms with Crippen molar-refractivity contribution >= 4 is 11.9 Å². The van der Waals surface area contributed by atoms with Gasteiger partial charge in [0, 0.05) is 6.42 Å². The summed E-state index contributed by atoms with van der Waals surface area (Å²) in [6.07, 6.45) is 11.4. The van der Waals surface area contributed by atoms with Gasteiger partial charge in [-0.1, -0.05) is 39.5 Å². The van der Waals surface area contributed by atoms with Crippen LogP contribution in [0.25, 0.3) is 0 Å². The highest BCUT2D eigenvalue weighted by Crippen LogP contribution is 2.47. The summed E-state index contributed by atoms with van der Waals surface area (Å²) >= 11 is 0. The lowest BCUT2D eigenvalue weighted by molar-refractivity contribution is -0.183. The van der Waals surface area contributed by atoms with Gasteiger partial charge in [0.1, 0.15) is 11.2 Å². The lowest BCUT2D eigenvalue weighted by atomic mass is 9.65. The molecule has 0 aliphatic heterocycles. The molecular weight excluding hydrogens is 376 g/mol. The van der Waals surface area contributed by atoms with Gasteiger partial charge in [0.2, 0.25) is 0 Å². The Morgan fingerprint density at radius 1 is 0.767 bits per heavy atom. The molecule has 0 heterocycles.